The number of carbonyl (C=O) groups is 1. The molecular weight excluding hydrogens is 368 g/mol. The van der Waals surface area contributed by atoms with Crippen molar-refractivity contribution in [1.82, 2.24) is 5.32 Å². The van der Waals surface area contributed by atoms with Crippen LogP contribution in [0.3, 0.4) is 0 Å². The molecule has 23 heavy (non-hydrogen) atoms. The maximum Gasteiger partial charge on any atom is 0.315 e. The number of amides is 1. The van der Waals surface area contributed by atoms with Gasteiger partial charge in [-0.1, -0.05) is 22.0 Å². The third-order valence-electron chi connectivity index (χ3n) is 3.70. The first-order valence-corrected chi connectivity index (χ1v) is 8.27. The molecule has 1 aliphatic carbocycles. The summed E-state index contributed by atoms with van der Waals surface area (Å²) in [5.74, 6) is -0.415. The van der Waals surface area contributed by atoms with Crippen molar-refractivity contribution in [2.24, 2.45) is 0 Å². The number of rotatable bonds is 6. The van der Waals surface area contributed by atoms with Crippen LogP contribution >= 0.6 is 15.9 Å². The van der Waals surface area contributed by atoms with Gasteiger partial charge in [-0.05, 0) is 59.9 Å². The maximum absolute atomic E-state index is 12.2. The summed E-state index contributed by atoms with van der Waals surface area (Å²) in [5.41, 5.74) is 0.977. The average molecular weight is 384 g/mol. The molecule has 0 atom stereocenters. The second-order valence-electron chi connectivity index (χ2n) is 5.61. The molecule has 1 amide bonds. The van der Waals surface area contributed by atoms with E-state index in [0.29, 0.717) is 12.5 Å². The number of nitrogens with one attached hydrogen (secondary N) is 1. The van der Waals surface area contributed by atoms with E-state index in [9.17, 15) is 13.6 Å². The van der Waals surface area contributed by atoms with E-state index in [0.717, 1.165) is 39.4 Å². The van der Waals surface area contributed by atoms with Gasteiger partial charge in [0.15, 0.2) is 0 Å². The molecule has 0 aromatic heterocycles. The molecule has 3 nitrogen and oxygen atoms in total. The molecule has 0 aliphatic heterocycles. The largest absolute Gasteiger partial charge is 0.490 e. The summed E-state index contributed by atoms with van der Waals surface area (Å²) in [6, 6.07) is 9.84. The molecule has 0 unspecified atom stereocenters. The zero-order chi connectivity index (χ0) is 16.4. The normalized spacial score (nSPS) is 14.3. The Balaban J connectivity index is 1.80. The van der Waals surface area contributed by atoms with E-state index in [2.05, 4.69) is 21.2 Å². The highest BCUT2D eigenvalue weighted by Gasteiger charge is 2.23. The number of hydrogen-bond acceptors (Lipinski definition) is 2. The summed E-state index contributed by atoms with van der Waals surface area (Å²) in [4.78, 5) is 11.0. The van der Waals surface area contributed by atoms with E-state index in [4.69, 9.17) is 4.74 Å². The Bertz CT molecular complexity index is 732. The van der Waals surface area contributed by atoms with Crippen LogP contribution in [-0.2, 0) is 11.2 Å². The number of halogens is 3. The Morgan fingerprint density at radius 1 is 1.30 bits per heavy atom. The first-order valence-electron chi connectivity index (χ1n) is 7.47. The van der Waals surface area contributed by atoms with E-state index in [1.807, 2.05) is 30.3 Å². The highest BCUT2D eigenvalue weighted by atomic mass is 79.9. The Hall–Kier alpha value is -1.69. The van der Waals surface area contributed by atoms with E-state index in [1.165, 1.54) is 0 Å². The summed E-state index contributed by atoms with van der Waals surface area (Å²) in [5, 5.41) is 4.29. The lowest BCUT2D eigenvalue weighted by Crippen LogP contribution is -2.31. The summed E-state index contributed by atoms with van der Waals surface area (Å²) >= 11 is 3.46. The van der Waals surface area contributed by atoms with Gasteiger partial charge in [0.2, 0.25) is 0 Å². The second kappa shape index (κ2) is 6.83. The summed E-state index contributed by atoms with van der Waals surface area (Å²) in [6.07, 6.45) is -0.0127. The highest BCUT2D eigenvalue weighted by molar-refractivity contribution is 9.10. The number of hydrogen-bond donors (Lipinski definition) is 1. The van der Waals surface area contributed by atoms with Crippen molar-refractivity contribution in [2.45, 2.75) is 31.8 Å². The minimum absolute atomic E-state index is 0.169. The van der Waals surface area contributed by atoms with Crippen molar-refractivity contribution in [2.75, 3.05) is 6.54 Å². The lowest BCUT2D eigenvalue weighted by Gasteiger charge is -2.11. The molecule has 122 valence electrons. The van der Waals surface area contributed by atoms with Crippen LogP contribution in [0.25, 0.3) is 10.8 Å². The van der Waals surface area contributed by atoms with Crippen LogP contribution in [0.4, 0.5) is 8.78 Å². The van der Waals surface area contributed by atoms with Gasteiger partial charge in [-0.3, -0.25) is 4.79 Å². The summed E-state index contributed by atoms with van der Waals surface area (Å²) in [7, 11) is 0. The first-order chi connectivity index (χ1) is 11.0. The molecule has 1 saturated carbocycles. The van der Waals surface area contributed by atoms with E-state index < -0.39 is 12.3 Å². The molecular formula is C17H16BrF2NO2. The van der Waals surface area contributed by atoms with Crippen molar-refractivity contribution in [3.63, 3.8) is 0 Å². The molecule has 1 aliphatic rings. The van der Waals surface area contributed by atoms with Gasteiger partial charge in [0, 0.05) is 11.0 Å². The monoisotopic (exact) mass is 383 g/mol. The van der Waals surface area contributed by atoms with Gasteiger partial charge in [0.25, 0.3) is 5.91 Å². The Labute approximate surface area is 141 Å². The molecule has 2 aromatic rings. The zero-order valence-corrected chi connectivity index (χ0v) is 13.9. The van der Waals surface area contributed by atoms with E-state index >= 15 is 0 Å². The van der Waals surface area contributed by atoms with Crippen molar-refractivity contribution in [1.29, 1.82) is 0 Å². The van der Waals surface area contributed by atoms with Crippen molar-refractivity contribution < 1.29 is 18.3 Å². The number of alkyl halides is 2. The van der Waals surface area contributed by atoms with Gasteiger partial charge in [-0.2, -0.15) is 8.78 Å². The van der Waals surface area contributed by atoms with Crippen LogP contribution in [-0.4, -0.2) is 25.0 Å². The van der Waals surface area contributed by atoms with Crippen LogP contribution < -0.4 is 10.1 Å². The smallest absolute Gasteiger partial charge is 0.315 e. The third kappa shape index (κ3) is 4.19. The fourth-order valence-electron chi connectivity index (χ4n) is 2.43. The van der Waals surface area contributed by atoms with Gasteiger partial charge in [0.05, 0.1) is 6.10 Å². The molecule has 1 N–H and O–H groups in total. The lowest BCUT2D eigenvalue weighted by atomic mass is 10.0. The molecule has 0 bridgehead atoms. The number of ether oxygens (including phenoxy) is 1. The fourth-order valence-corrected chi connectivity index (χ4v) is 2.95. The van der Waals surface area contributed by atoms with Gasteiger partial charge in [-0.25, -0.2) is 0 Å². The fraction of sp³-hybridized carbons (Fsp3) is 0.353. The topological polar surface area (TPSA) is 38.3 Å². The molecule has 0 radical (unpaired) electrons. The molecule has 6 heteroatoms. The van der Waals surface area contributed by atoms with Gasteiger partial charge < -0.3 is 10.1 Å². The average Bonchev–Trinajstić information content (AvgIpc) is 3.31. The maximum atomic E-state index is 12.2. The lowest BCUT2D eigenvalue weighted by molar-refractivity contribution is -0.131. The molecule has 0 saturated heterocycles. The zero-order valence-electron chi connectivity index (χ0n) is 12.3. The predicted octanol–water partition coefficient (Wildman–Crippen LogP) is 4.07. The van der Waals surface area contributed by atoms with Crippen LogP contribution in [0.15, 0.2) is 34.8 Å². The predicted molar refractivity (Wildman–Crippen MR) is 88.0 cm³/mol. The Morgan fingerprint density at radius 3 is 2.78 bits per heavy atom. The quantitative estimate of drug-likeness (QED) is 0.816. The molecule has 0 spiro atoms. The van der Waals surface area contributed by atoms with Crippen LogP contribution in [0.1, 0.15) is 18.4 Å². The summed E-state index contributed by atoms with van der Waals surface area (Å²) < 4.78 is 31.2. The molecule has 3 rings (SSSR count). The molecule has 1 fully saturated rings. The number of carbonyl (C=O) groups excluding carboxylic acids is 1. The second-order valence-corrected chi connectivity index (χ2v) is 6.52. The van der Waals surface area contributed by atoms with Crippen LogP contribution in [0.5, 0.6) is 5.75 Å². The van der Waals surface area contributed by atoms with Crippen molar-refractivity contribution >= 4 is 32.6 Å². The van der Waals surface area contributed by atoms with E-state index in [-0.39, 0.29) is 6.54 Å². The SMILES string of the molecule is O=C(NCCc1cc(Br)cc2ccc(OC3CC3)cc12)C(F)F. The van der Waals surface area contributed by atoms with Gasteiger partial charge in [-0.15, -0.1) is 0 Å². The van der Waals surface area contributed by atoms with Gasteiger partial charge >= 0.3 is 6.43 Å². The van der Waals surface area contributed by atoms with Crippen molar-refractivity contribution in [3.8, 4) is 5.75 Å². The number of fused-ring (bicyclic) bond motifs is 1. The minimum atomic E-state index is -2.98. The Kier molecular flexibility index (Phi) is 4.80. The highest BCUT2D eigenvalue weighted by Crippen LogP contribution is 2.31. The molecule has 0 heterocycles. The molecule has 2 aromatic carbocycles. The van der Waals surface area contributed by atoms with Crippen LogP contribution in [0.2, 0.25) is 0 Å². The first kappa shape index (κ1) is 16.2. The summed E-state index contributed by atoms with van der Waals surface area (Å²) in [6.45, 7) is 0.169. The Morgan fingerprint density at radius 2 is 2.09 bits per heavy atom. The van der Waals surface area contributed by atoms with Crippen LogP contribution in [0, 0.1) is 0 Å². The third-order valence-corrected chi connectivity index (χ3v) is 4.15. The van der Waals surface area contributed by atoms with Gasteiger partial charge in [0.1, 0.15) is 5.75 Å². The van der Waals surface area contributed by atoms with Crippen molar-refractivity contribution in [3.05, 3.63) is 40.4 Å². The minimum Gasteiger partial charge on any atom is -0.490 e. The number of benzene rings is 2. The van der Waals surface area contributed by atoms with E-state index in [1.54, 1.807) is 0 Å². The standard InChI is InChI=1S/C17H16BrF2NO2/c18-12-7-10-1-2-14(23-13-3-4-13)9-15(10)11(8-12)5-6-21-17(22)16(19)20/h1-2,7-9,13,16H,3-6H2,(H,21,22).